The minimum absolute atomic E-state index is 0.194. The predicted octanol–water partition coefficient (Wildman–Crippen LogP) is 1.80. The van der Waals surface area contributed by atoms with Crippen molar-refractivity contribution in [2.45, 2.75) is 26.4 Å². The molecule has 1 N–H and O–H groups in total. The molecule has 6 nitrogen and oxygen atoms in total. The lowest BCUT2D eigenvalue weighted by atomic mass is 10.3. The number of ether oxygens (including phenoxy) is 3. The number of thiophene rings is 1. The fourth-order valence-electron chi connectivity index (χ4n) is 1.96. The van der Waals surface area contributed by atoms with Gasteiger partial charge in [-0.05, 0) is 20.3 Å². The lowest BCUT2D eigenvalue weighted by Gasteiger charge is -2.25. The molecule has 2 heterocycles. The first-order chi connectivity index (χ1) is 9.37. The van der Waals surface area contributed by atoms with Crippen LogP contribution < -0.4 is 9.47 Å². The maximum Gasteiger partial charge on any atom is 0.264 e. The molecule has 1 atom stereocenters. The van der Waals surface area contributed by atoms with Gasteiger partial charge in [0.1, 0.15) is 6.61 Å². The zero-order chi connectivity index (χ0) is 14.8. The number of aryl methyl sites for hydroxylation is 2. The summed E-state index contributed by atoms with van der Waals surface area (Å²) in [7, 11) is -3.91. The van der Waals surface area contributed by atoms with E-state index in [0.29, 0.717) is 13.2 Å². The minimum Gasteiger partial charge on any atom is -0.485 e. The number of hydrogen-bond donors (Lipinski definition) is 1. The zero-order valence-electron chi connectivity index (χ0n) is 11.4. The highest BCUT2D eigenvalue weighted by molar-refractivity contribution is 7.85. The Morgan fingerprint density at radius 2 is 2.05 bits per heavy atom. The van der Waals surface area contributed by atoms with Crippen LogP contribution >= 0.6 is 11.3 Å². The second kappa shape index (κ2) is 6.30. The molecule has 0 aliphatic carbocycles. The van der Waals surface area contributed by atoms with Crippen LogP contribution in [0.4, 0.5) is 0 Å². The summed E-state index contributed by atoms with van der Waals surface area (Å²) in [5, 5.41) is 0. The molecule has 0 saturated carbocycles. The molecule has 2 rings (SSSR count). The van der Waals surface area contributed by atoms with Gasteiger partial charge >= 0.3 is 0 Å². The van der Waals surface area contributed by atoms with Crippen molar-refractivity contribution in [1.29, 1.82) is 0 Å². The molecule has 0 radical (unpaired) electrons. The third-order valence-electron chi connectivity index (χ3n) is 2.84. The van der Waals surface area contributed by atoms with Crippen LogP contribution in [0, 0.1) is 13.8 Å². The van der Waals surface area contributed by atoms with Gasteiger partial charge in [0.05, 0.1) is 12.4 Å². The average molecular weight is 322 g/mol. The van der Waals surface area contributed by atoms with Crippen molar-refractivity contribution in [3.05, 3.63) is 9.75 Å². The van der Waals surface area contributed by atoms with Crippen LogP contribution in [0.3, 0.4) is 0 Å². The molecule has 1 aromatic rings. The molecule has 8 heteroatoms. The first-order valence-electron chi connectivity index (χ1n) is 6.29. The monoisotopic (exact) mass is 322 g/mol. The molecule has 1 aliphatic rings. The van der Waals surface area contributed by atoms with Gasteiger partial charge in [0.2, 0.25) is 0 Å². The normalized spacial score (nSPS) is 18.2. The molecule has 0 amide bonds. The summed E-state index contributed by atoms with van der Waals surface area (Å²) >= 11 is 1.64. The van der Waals surface area contributed by atoms with Crippen LogP contribution in [0.15, 0.2) is 0 Å². The summed E-state index contributed by atoms with van der Waals surface area (Å²) in [5.41, 5.74) is 0. The summed E-state index contributed by atoms with van der Waals surface area (Å²) < 4.78 is 46.5. The van der Waals surface area contributed by atoms with E-state index < -0.39 is 10.1 Å². The van der Waals surface area contributed by atoms with E-state index in [2.05, 4.69) is 0 Å². The molecule has 0 fully saturated rings. The van der Waals surface area contributed by atoms with Gasteiger partial charge < -0.3 is 14.2 Å². The molecule has 1 aliphatic heterocycles. The van der Waals surface area contributed by atoms with Gasteiger partial charge in [-0.2, -0.15) is 8.42 Å². The Kier molecular flexibility index (Phi) is 4.90. The topological polar surface area (TPSA) is 82.1 Å². The Morgan fingerprint density at radius 3 is 2.75 bits per heavy atom. The van der Waals surface area contributed by atoms with Crippen LogP contribution in [0.25, 0.3) is 0 Å². The highest BCUT2D eigenvalue weighted by Crippen LogP contribution is 2.43. The van der Waals surface area contributed by atoms with Crippen molar-refractivity contribution < 1.29 is 27.2 Å². The molecular weight excluding hydrogens is 304 g/mol. The van der Waals surface area contributed by atoms with Crippen molar-refractivity contribution in [3.63, 3.8) is 0 Å². The number of fused-ring (bicyclic) bond motifs is 1. The smallest absolute Gasteiger partial charge is 0.264 e. The van der Waals surface area contributed by atoms with Gasteiger partial charge in [0.25, 0.3) is 10.1 Å². The highest BCUT2D eigenvalue weighted by atomic mass is 32.2. The van der Waals surface area contributed by atoms with E-state index in [1.807, 2.05) is 13.8 Å². The van der Waals surface area contributed by atoms with Crippen molar-refractivity contribution in [2.24, 2.45) is 0 Å². The SMILES string of the molecule is Cc1sc(C)c2c1OCC(COCCCS(=O)(=O)O)O2. The van der Waals surface area contributed by atoms with Crippen molar-refractivity contribution in [3.8, 4) is 11.5 Å². The van der Waals surface area contributed by atoms with Crippen LogP contribution in [0.2, 0.25) is 0 Å². The average Bonchev–Trinajstić information content (AvgIpc) is 2.63. The Labute approximate surface area is 122 Å². The summed E-state index contributed by atoms with van der Waals surface area (Å²) in [5.74, 6) is 1.31. The molecule has 20 heavy (non-hydrogen) atoms. The third-order valence-corrected chi connectivity index (χ3v) is 4.63. The molecule has 1 aromatic heterocycles. The molecule has 0 spiro atoms. The Morgan fingerprint density at radius 1 is 1.35 bits per heavy atom. The molecule has 0 bridgehead atoms. The number of hydrogen-bond acceptors (Lipinski definition) is 6. The van der Waals surface area contributed by atoms with E-state index in [4.69, 9.17) is 18.8 Å². The Balaban J connectivity index is 1.75. The summed E-state index contributed by atoms with van der Waals surface area (Å²) in [6.07, 6.45) is 0.0646. The van der Waals surface area contributed by atoms with E-state index in [0.717, 1.165) is 21.3 Å². The van der Waals surface area contributed by atoms with Crippen LogP contribution in [-0.2, 0) is 14.9 Å². The van der Waals surface area contributed by atoms with E-state index in [1.54, 1.807) is 11.3 Å². The first-order valence-corrected chi connectivity index (χ1v) is 8.71. The van der Waals surface area contributed by atoms with Gasteiger partial charge in [-0.3, -0.25) is 4.55 Å². The second-order valence-electron chi connectivity index (χ2n) is 4.64. The lowest BCUT2D eigenvalue weighted by molar-refractivity contribution is 0.00914. The van der Waals surface area contributed by atoms with Crippen molar-refractivity contribution >= 4 is 21.5 Å². The Bertz CT molecular complexity index is 563. The third kappa shape index (κ3) is 4.08. The zero-order valence-corrected chi connectivity index (χ0v) is 13.1. The van der Waals surface area contributed by atoms with Crippen LogP contribution in [0.1, 0.15) is 16.2 Å². The maximum atomic E-state index is 10.5. The molecule has 114 valence electrons. The fourth-order valence-corrected chi connectivity index (χ4v) is 3.38. The fraction of sp³-hybridized carbons (Fsp3) is 0.667. The molecular formula is C12H18O6S2. The van der Waals surface area contributed by atoms with Gasteiger partial charge in [-0.25, -0.2) is 0 Å². The van der Waals surface area contributed by atoms with Crippen LogP contribution in [0.5, 0.6) is 11.5 Å². The summed E-state index contributed by atoms with van der Waals surface area (Å²) in [4.78, 5) is 2.18. The van der Waals surface area contributed by atoms with Crippen LogP contribution in [-0.4, -0.2) is 44.6 Å². The van der Waals surface area contributed by atoms with Crippen molar-refractivity contribution in [2.75, 3.05) is 25.6 Å². The highest BCUT2D eigenvalue weighted by Gasteiger charge is 2.26. The van der Waals surface area contributed by atoms with E-state index in [1.165, 1.54) is 0 Å². The van der Waals surface area contributed by atoms with Gasteiger partial charge in [0.15, 0.2) is 17.6 Å². The quantitative estimate of drug-likeness (QED) is 0.635. The molecule has 1 unspecified atom stereocenters. The molecule has 0 saturated heterocycles. The van der Waals surface area contributed by atoms with E-state index >= 15 is 0 Å². The minimum atomic E-state index is -3.91. The summed E-state index contributed by atoms with van der Waals surface area (Å²) in [6, 6.07) is 0. The van der Waals surface area contributed by atoms with Gasteiger partial charge in [-0.1, -0.05) is 0 Å². The summed E-state index contributed by atoms with van der Waals surface area (Å²) in [6.45, 7) is 4.98. The lowest BCUT2D eigenvalue weighted by Crippen LogP contribution is -2.33. The maximum absolute atomic E-state index is 10.5. The first kappa shape index (κ1) is 15.6. The predicted molar refractivity (Wildman–Crippen MR) is 75.6 cm³/mol. The van der Waals surface area contributed by atoms with E-state index in [-0.39, 0.29) is 24.9 Å². The largest absolute Gasteiger partial charge is 0.485 e. The number of rotatable bonds is 6. The second-order valence-corrected chi connectivity index (χ2v) is 7.64. The van der Waals surface area contributed by atoms with Gasteiger partial charge in [0, 0.05) is 16.4 Å². The van der Waals surface area contributed by atoms with Gasteiger partial charge in [-0.15, -0.1) is 11.3 Å². The van der Waals surface area contributed by atoms with Crippen molar-refractivity contribution in [1.82, 2.24) is 0 Å². The standard InChI is InChI=1S/C12H18O6S2/c1-8-11-12(9(2)19-8)18-10(7-17-11)6-16-4-3-5-20(13,14)15/h10H,3-7H2,1-2H3,(H,13,14,15). The van der Waals surface area contributed by atoms with E-state index in [9.17, 15) is 8.42 Å². The molecule has 0 aromatic carbocycles. The Hall–Kier alpha value is -0.830.